The minimum atomic E-state index is -0.490. The Morgan fingerprint density at radius 2 is 2.17 bits per heavy atom. The molecular weight excluding hydrogens is 248 g/mol. The Kier molecular flexibility index (Phi) is 4.04. The van der Waals surface area contributed by atoms with Crippen LogP contribution >= 0.6 is 11.8 Å². The molecule has 1 N–H and O–H groups in total. The van der Waals surface area contributed by atoms with Gasteiger partial charge in [0, 0.05) is 11.1 Å². The molecule has 5 heteroatoms. The predicted octanol–water partition coefficient (Wildman–Crippen LogP) is 3.28. The maximum absolute atomic E-state index is 9.65. The first-order valence-corrected chi connectivity index (χ1v) is 6.67. The summed E-state index contributed by atoms with van der Waals surface area (Å²) >= 11 is 1.43. The summed E-state index contributed by atoms with van der Waals surface area (Å²) < 4.78 is 5.49. The number of hydrogen-bond donors (Lipinski definition) is 1. The van der Waals surface area contributed by atoms with Crippen LogP contribution in [0.25, 0.3) is 0 Å². The van der Waals surface area contributed by atoms with Crippen molar-refractivity contribution in [3.8, 4) is 0 Å². The van der Waals surface area contributed by atoms with E-state index in [1.54, 1.807) is 6.20 Å². The van der Waals surface area contributed by atoms with Gasteiger partial charge in [-0.25, -0.2) is 4.98 Å². The Balaban J connectivity index is 2.10. The molecule has 0 saturated carbocycles. The van der Waals surface area contributed by atoms with Crippen LogP contribution in [0.5, 0.6) is 0 Å². The second-order valence-electron chi connectivity index (χ2n) is 4.07. The first-order chi connectivity index (χ1) is 8.60. The first-order valence-electron chi connectivity index (χ1n) is 5.86. The summed E-state index contributed by atoms with van der Waals surface area (Å²) in [5, 5.41) is 10.3. The van der Waals surface area contributed by atoms with Gasteiger partial charge in [-0.3, -0.25) is 4.98 Å². The SMILES string of the molecule is CC[C@H](O)c1ccc(Sc2nc(C)c(C)o2)cn1. The highest BCUT2D eigenvalue weighted by atomic mass is 32.2. The number of oxazole rings is 1. The van der Waals surface area contributed by atoms with Crippen molar-refractivity contribution >= 4 is 11.8 Å². The Morgan fingerprint density at radius 3 is 2.67 bits per heavy atom. The summed E-state index contributed by atoms with van der Waals surface area (Å²) in [6.07, 6.45) is 1.90. The summed E-state index contributed by atoms with van der Waals surface area (Å²) in [6, 6.07) is 3.75. The molecule has 0 spiro atoms. The molecule has 0 aromatic carbocycles. The van der Waals surface area contributed by atoms with Crippen LogP contribution in [0.1, 0.15) is 36.6 Å². The van der Waals surface area contributed by atoms with Crippen molar-refractivity contribution in [1.82, 2.24) is 9.97 Å². The molecule has 0 aliphatic carbocycles. The lowest BCUT2D eigenvalue weighted by atomic mass is 10.2. The quantitative estimate of drug-likeness (QED) is 0.918. The van der Waals surface area contributed by atoms with Crippen LogP contribution < -0.4 is 0 Å². The van der Waals surface area contributed by atoms with E-state index in [4.69, 9.17) is 4.42 Å². The van der Waals surface area contributed by atoms with Crippen molar-refractivity contribution in [1.29, 1.82) is 0 Å². The summed E-state index contributed by atoms with van der Waals surface area (Å²) in [5.41, 5.74) is 1.60. The maximum atomic E-state index is 9.65. The van der Waals surface area contributed by atoms with E-state index in [0.29, 0.717) is 17.3 Å². The molecule has 2 rings (SSSR count). The largest absolute Gasteiger partial charge is 0.436 e. The van der Waals surface area contributed by atoms with Crippen LogP contribution in [0.3, 0.4) is 0 Å². The average Bonchev–Trinajstić information content (AvgIpc) is 2.68. The van der Waals surface area contributed by atoms with Crippen LogP contribution in [0.4, 0.5) is 0 Å². The highest BCUT2D eigenvalue weighted by Gasteiger charge is 2.09. The Bertz CT molecular complexity index is 503. The van der Waals surface area contributed by atoms with Crippen LogP contribution in [0, 0.1) is 13.8 Å². The number of aryl methyl sites for hydroxylation is 2. The lowest BCUT2D eigenvalue weighted by molar-refractivity contribution is 0.169. The third-order valence-corrected chi connectivity index (χ3v) is 3.53. The molecule has 0 unspecified atom stereocenters. The highest BCUT2D eigenvalue weighted by molar-refractivity contribution is 7.99. The van der Waals surface area contributed by atoms with Gasteiger partial charge in [0.25, 0.3) is 5.22 Å². The standard InChI is InChI=1S/C13H16N2O2S/c1-4-12(16)11-6-5-10(7-14-11)18-13-15-8(2)9(3)17-13/h5-7,12,16H,4H2,1-3H3/t12-/m0/s1. The Labute approximate surface area is 110 Å². The van der Waals surface area contributed by atoms with E-state index in [1.807, 2.05) is 32.9 Å². The molecule has 0 radical (unpaired) electrons. The molecule has 2 aromatic heterocycles. The minimum Gasteiger partial charge on any atom is -0.436 e. The predicted molar refractivity (Wildman–Crippen MR) is 69.6 cm³/mol. The topological polar surface area (TPSA) is 59.2 Å². The second-order valence-corrected chi connectivity index (χ2v) is 5.09. The second kappa shape index (κ2) is 5.54. The van der Waals surface area contributed by atoms with Crippen LogP contribution in [0.2, 0.25) is 0 Å². The third kappa shape index (κ3) is 2.91. The van der Waals surface area contributed by atoms with Gasteiger partial charge in [-0.05, 0) is 44.2 Å². The van der Waals surface area contributed by atoms with Gasteiger partial charge >= 0.3 is 0 Å². The van der Waals surface area contributed by atoms with Crippen molar-refractivity contribution in [2.75, 3.05) is 0 Å². The zero-order valence-corrected chi connectivity index (χ0v) is 11.5. The molecule has 4 nitrogen and oxygen atoms in total. The average molecular weight is 264 g/mol. The van der Waals surface area contributed by atoms with Gasteiger partial charge in [-0.1, -0.05) is 6.92 Å². The number of hydrogen-bond acceptors (Lipinski definition) is 5. The molecule has 2 aromatic rings. The number of pyridine rings is 1. The minimum absolute atomic E-state index is 0.490. The molecule has 2 heterocycles. The normalized spacial score (nSPS) is 12.7. The van der Waals surface area contributed by atoms with Crippen molar-refractivity contribution < 1.29 is 9.52 Å². The zero-order chi connectivity index (χ0) is 13.1. The van der Waals surface area contributed by atoms with E-state index in [9.17, 15) is 5.11 Å². The van der Waals surface area contributed by atoms with Crippen molar-refractivity contribution in [3.05, 3.63) is 35.5 Å². The van der Waals surface area contributed by atoms with Gasteiger partial charge in [0.2, 0.25) is 0 Å². The summed E-state index contributed by atoms with van der Waals surface area (Å²) in [5.74, 6) is 0.837. The fourth-order valence-electron chi connectivity index (χ4n) is 1.45. The smallest absolute Gasteiger partial charge is 0.261 e. The first kappa shape index (κ1) is 13.1. The molecular formula is C13H16N2O2S. The fraction of sp³-hybridized carbons (Fsp3) is 0.385. The molecule has 0 saturated heterocycles. The van der Waals surface area contributed by atoms with Crippen molar-refractivity contribution in [2.24, 2.45) is 0 Å². The van der Waals surface area contributed by atoms with E-state index in [0.717, 1.165) is 16.3 Å². The maximum Gasteiger partial charge on any atom is 0.261 e. The molecule has 0 fully saturated rings. The van der Waals surface area contributed by atoms with Gasteiger partial charge in [0.15, 0.2) is 0 Å². The Hall–Kier alpha value is -1.33. The molecule has 96 valence electrons. The zero-order valence-electron chi connectivity index (χ0n) is 10.7. The van der Waals surface area contributed by atoms with Crippen molar-refractivity contribution in [2.45, 2.75) is 43.4 Å². The van der Waals surface area contributed by atoms with Crippen LogP contribution in [0.15, 0.2) is 32.9 Å². The van der Waals surface area contributed by atoms with Gasteiger partial charge < -0.3 is 9.52 Å². The van der Waals surface area contributed by atoms with Gasteiger partial charge in [-0.2, -0.15) is 0 Å². The monoisotopic (exact) mass is 264 g/mol. The van der Waals surface area contributed by atoms with E-state index in [-0.39, 0.29) is 0 Å². The molecule has 0 bridgehead atoms. The van der Waals surface area contributed by atoms with Gasteiger partial charge in [0.1, 0.15) is 5.76 Å². The summed E-state index contributed by atoms with van der Waals surface area (Å²) in [4.78, 5) is 9.48. The van der Waals surface area contributed by atoms with Crippen molar-refractivity contribution in [3.63, 3.8) is 0 Å². The van der Waals surface area contributed by atoms with E-state index in [2.05, 4.69) is 9.97 Å². The molecule has 1 atom stereocenters. The molecule has 0 aliphatic heterocycles. The Morgan fingerprint density at radius 1 is 1.39 bits per heavy atom. The summed E-state index contributed by atoms with van der Waals surface area (Å²) in [6.45, 7) is 5.74. The van der Waals surface area contributed by atoms with Gasteiger partial charge in [-0.15, -0.1) is 0 Å². The fourth-order valence-corrected chi connectivity index (χ4v) is 2.24. The number of aliphatic hydroxyl groups excluding tert-OH is 1. The lowest BCUT2D eigenvalue weighted by Gasteiger charge is -2.06. The number of aliphatic hydroxyl groups is 1. The van der Waals surface area contributed by atoms with E-state index >= 15 is 0 Å². The molecule has 0 aliphatic rings. The molecule has 18 heavy (non-hydrogen) atoms. The van der Waals surface area contributed by atoms with E-state index in [1.165, 1.54) is 11.8 Å². The lowest BCUT2D eigenvalue weighted by Crippen LogP contribution is -1.97. The molecule has 0 amide bonds. The van der Waals surface area contributed by atoms with E-state index < -0.39 is 6.10 Å². The number of nitrogens with zero attached hydrogens (tertiary/aromatic N) is 2. The van der Waals surface area contributed by atoms with Crippen LogP contribution in [-0.2, 0) is 0 Å². The highest BCUT2D eigenvalue weighted by Crippen LogP contribution is 2.28. The number of rotatable bonds is 4. The van der Waals surface area contributed by atoms with Gasteiger partial charge in [0.05, 0.1) is 17.5 Å². The summed E-state index contributed by atoms with van der Waals surface area (Å²) in [7, 11) is 0. The third-order valence-electron chi connectivity index (χ3n) is 2.70. The number of aromatic nitrogens is 2. The van der Waals surface area contributed by atoms with Crippen LogP contribution in [-0.4, -0.2) is 15.1 Å².